The fourth-order valence-corrected chi connectivity index (χ4v) is 8.80. The molecule has 6 heteroatoms. The van der Waals surface area contributed by atoms with E-state index in [1.54, 1.807) is 0 Å². The monoisotopic (exact) mass is 1140 g/mol. The van der Waals surface area contributed by atoms with Gasteiger partial charge in [-0.15, -0.1) is 0 Å². The molecule has 0 spiro atoms. The Morgan fingerprint density at radius 3 is 0.747 bits per heavy atom. The highest BCUT2D eigenvalue weighted by Crippen LogP contribution is 2.15. The second kappa shape index (κ2) is 69.3. The molecule has 0 saturated carbocycles. The summed E-state index contributed by atoms with van der Waals surface area (Å²) in [7, 11) is 0. The maximum Gasteiger partial charge on any atom is 0.306 e. The van der Waals surface area contributed by atoms with Crippen molar-refractivity contribution in [3.05, 3.63) is 170 Å². The van der Waals surface area contributed by atoms with Crippen LogP contribution in [0.1, 0.15) is 278 Å². The molecule has 0 aliphatic rings. The van der Waals surface area contributed by atoms with Crippen LogP contribution in [0.15, 0.2) is 170 Å². The van der Waals surface area contributed by atoms with Crippen LogP contribution in [0.5, 0.6) is 0 Å². The minimum Gasteiger partial charge on any atom is -0.462 e. The maximum absolute atomic E-state index is 13.0. The summed E-state index contributed by atoms with van der Waals surface area (Å²) >= 11 is 0. The minimum absolute atomic E-state index is 0.113. The maximum atomic E-state index is 13.0. The molecule has 0 amide bonds. The molecule has 0 aromatic carbocycles. The number of hydrogen-bond donors (Lipinski definition) is 0. The second-order valence-corrected chi connectivity index (χ2v) is 21.6. The van der Waals surface area contributed by atoms with Crippen LogP contribution in [0.4, 0.5) is 0 Å². The summed E-state index contributed by atoms with van der Waals surface area (Å²) in [6, 6.07) is 0. The van der Waals surface area contributed by atoms with Gasteiger partial charge in [0.05, 0.1) is 0 Å². The molecule has 1 atom stereocenters. The Balaban J connectivity index is 4.49. The molecule has 0 aliphatic heterocycles. The van der Waals surface area contributed by atoms with Crippen LogP contribution in [0, 0.1) is 0 Å². The zero-order valence-electron chi connectivity index (χ0n) is 53.4. The zero-order valence-corrected chi connectivity index (χ0v) is 53.4. The molecule has 0 aromatic rings. The molecule has 0 bridgehead atoms. The molecule has 0 aliphatic carbocycles. The Kier molecular flexibility index (Phi) is 64.9. The first kappa shape index (κ1) is 77.8. The largest absolute Gasteiger partial charge is 0.462 e. The van der Waals surface area contributed by atoms with E-state index in [2.05, 4.69) is 185 Å². The van der Waals surface area contributed by atoms with Gasteiger partial charge in [-0.2, -0.15) is 0 Å². The van der Waals surface area contributed by atoms with Crippen molar-refractivity contribution in [1.82, 2.24) is 0 Å². The van der Waals surface area contributed by atoms with Crippen molar-refractivity contribution in [2.75, 3.05) is 13.2 Å². The van der Waals surface area contributed by atoms with E-state index in [1.807, 2.05) is 6.08 Å². The van der Waals surface area contributed by atoms with Crippen LogP contribution >= 0.6 is 0 Å². The van der Waals surface area contributed by atoms with Gasteiger partial charge in [-0.1, -0.05) is 294 Å². The highest BCUT2D eigenvalue weighted by atomic mass is 16.6. The molecule has 466 valence electrons. The van der Waals surface area contributed by atoms with Gasteiger partial charge in [0.2, 0.25) is 0 Å². The van der Waals surface area contributed by atoms with E-state index < -0.39 is 6.10 Å². The smallest absolute Gasteiger partial charge is 0.306 e. The van der Waals surface area contributed by atoms with Crippen molar-refractivity contribution < 1.29 is 28.6 Å². The van der Waals surface area contributed by atoms with Crippen LogP contribution in [0.25, 0.3) is 0 Å². The molecular weight excluding hydrogens is 1020 g/mol. The number of allylic oxidation sites excluding steroid dienone is 28. The van der Waals surface area contributed by atoms with E-state index in [9.17, 15) is 14.4 Å². The van der Waals surface area contributed by atoms with E-state index in [4.69, 9.17) is 14.2 Å². The molecule has 0 heterocycles. The first-order chi connectivity index (χ1) is 41.0. The molecule has 83 heavy (non-hydrogen) atoms. The third-order valence-corrected chi connectivity index (χ3v) is 13.7. The lowest BCUT2D eigenvalue weighted by Gasteiger charge is -2.18. The average molecular weight is 1140 g/mol. The van der Waals surface area contributed by atoms with Gasteiger partial charge in [0.1, 0.15) is 13.2 Å². The van der Waals surface area contributed by atoms with Gasteiger partial charge < -0.3 is 14.2 Å². The fraction of sp³-hybridized carbons (Fsp3) is 0.597. The summed E-state index contributed by atoms with van der Waals surface area (Å²) in [4.78, 5) is 38.4. The van der Waals surface area contributed by atoms with Crippen LogP contribution in [-0.4, -0.2) is 37.2 Å². The molecule has 0 rings (SSSR count). The molecule has 0 radical (unpaired) electrons. The first-order valence-electron chi connectivity index (χ1n) is 33.6. The number of ether oxygens (including phenoxy) is 3. The predicted molar refractivity (Wildman–Crippen MR) is 361 cm³/mol. The van der Waals surface area contributed by atoms with Gasteiger partial charge in [-0.05, 0) is 135 Å². The summed E-state index contributed by atoms with van der Waals surface area (Å²) in [6.45, 7) is 6.24. The van der Waals surface area contributed by atoms with E-state index in [0.717, 1.165) is 135 Å². The zero-order chi connectivity index (χ0) is 59.9. The van der Waals surface area contributed by atoms with Gasteiger partial charge in [-0.25, -0.2) is 0 Å². The van der Waals surface area contributed by atoms with Crippen molar-refractivity contribution in [2.45, 2.75) is 284 Å². The molecule has 1 unspecified atom stereocenters. The van der Waals surface area contributed by atoms with E-state index in [1.165, 1.54) is 96.3 Å². The Morgan fingerprint density at radius 2 is 0.458 bits per heavy atom. The van der Waals surface area contributed by atoms with Gasteiger partial charge in [-0.3, -0.25) is 14.4 Å². The number of unbranched alkanes of at least 4 members (excludes halogenated alkanes) is 20. The third kappa shape index (κ3) is 67.4. The molecular formula is C77H122O6. The fourth-order valence-electron chi connectivity index (χ4n) is 8.80. The van der Waals surface area contributed by atoms with Crippen LogP contribution in [0.2, 0.25) is 0 Å². The average Bonchev–Trinajstić information content (AvgIpc) is 3.49. The summed E-state index contributed by atoms with van der Waals surface area (Å²) in [6.07, 6.45) is 102. The van der Waals surface area contributed by atoms with Crippen molar-refractivity contribution in [2.24, 2.45) is 0 Å². The van der Waals surface area contributed by atoms with E-state index in [0.29, 0.717) is 19.3 Å². The van der Waals surface area contributed by atoms with Crippen molar-refractivity contribution in [1.29, 1.82) is 0 Å². The third-order valence-electron chi connectivity index (χ3n) is 13.7. The van der Waals surface area contributed by atoms with Crippen molar-refractivity contribution in [3.63, 3.8) is 0 Å². The highest BCUT2D eigenvalue weighted by Gasteiger charge is 2.19. The molecule has 6 nitrogen and oxygen atoms in total. The standard InChI is InChI=1S/C77H122O6/c1-4-7-10-13-16-19-22-25-28-31-34-36-37-38-39-41-43-46-49-52-55-58-61-64-67-70-76(79)82-73-74(72-81-75(78)69-66-63-60-57-54-51-48-45-42-33-30-27-24-21-18-15-12-9-6-3)83-77(80)71-68-65-62-59-56-53-50-47-44-40-35-32-29-26-23-20-17-14-11-8-5-2/h7-12,16-21,25-30,34-36,40,42,45,51,54,60,63,74H,4-6,13-15,22-24,31-33,37-39,41,43-44,46-50,52-53,55-59,61-62,64-73H2,1-3H3/b10-7-,11-8-,12-9-,19-16-,20-17-,21-18-,28-25-,29-26-,30-27-,36-34-,40-35-,45-42-,54-51-,63-60-. The quantitative estimate of drug-likeness (QED) is 0.0261. The van der Waals surface area contributed by atoms with E-state index >= 15 is 0 Å². The van der Waals surface area contributed by atoms with Gasteiger partial charge in [0.25, 0.3) is 0 Å². The number of esters is 3. The number of rotatable bonds is 59. The van der Waals surface area contributed by atoms with Gasteiger partial charge >= 0.3 is 17.9 Å². The number of carbonyl (C=O) groups excluding carboxylic acids is 3. The van der Waals surface area contributed by atoms with Crippen LogP contribution < -0.4 is 0 Å². The molecule has 0 aromatic heterocycles. The molecule has 0 saturated heterocycles. The summed E-state index contributed by atoms with van der Waals surface area (Å²) < 4.78 is 16.9. The lowest BCUT2D eigenvalue weighted by molar-refractivity contribution is -0.166. The summed E-state index contributed by atoms with van der Waals surface area (Å²) in [5.41, 5.74) is 0. The van der Waals surface area contributed by atoms with Crippen LogP contribution in [0.3, 0.4) is 0 Å². The van der Waals surface area contributed by atoms with Crippen LogP contribution in [-0.2, 0) is 28.6 Å². The van der Waals surface area contributed by atoms with Gasteiger partial charge in [0, 0.05) is 19.3 Å². The van der Waals surface area contributed by atoms with E-state index in [-0.39, 0.29) is 37.5 Å². The highest BCUT2D eigenvalue weighted by molar-refractivity contribution is 5.71. The lowest BCUT2D eigenvalue weighted by Crippen LogP contribution is -2.30. The SMILES string of the molecule is CC/C=C\C/C=C\C/C=C\C/C=C\C/C=C\C/C=C\CCC(=O)OCC(COC(=O)CCCCCCCCCCCCCC/C=C\C/C=C\C/C=C\C/C=C\CC)OC(=O)CCCCCCCCCC/C=C\C/C=C\C/C=C\C/C=C\CC. The summed E-state index contributed by atoms with van der Waals surface area (Å²) in [5, 5.41) is 0. The second-order valence-electron chi connectivity index (χ2n) is 21.6. The molecule has 0 fully saturated rings. The number of carbonyl (C=O) groups is 3. The topological polar surface area (TPSA) is 78.9 Å². The first-order valence-corrected chi connectivity index (χ1v) is 33.6. The predicted octanol–water partition coefficient (Wildman–Crippen LogP) is 23.4. The normalized spacial score (nSPS) is 13.2. The lowest BCUT2D eigenvalue weighted by atomic mass is 10.0. The Morgan fingerprint density at radius 1 is 0.241 bits per heavy atom. The molecule has 0 N–H and O–H groups in total. The van der Waals surface area contributed by atoms with Crippen molar-refractivity contribution >= 4 is 17.9 Å². The van der Waals surface area contributed by atoms with Crippen molar-refractivity contribution in [3.8, 4) is 0 Å². The Hall–Kier alpha value is -5.23. The minimum atomic E-state index is -0.825. The Labute approximate surface area is 511 Å². The Bertz CT molecular complexity index is 1890. The summed E-state index contributed by atoms with van der Waals surface area (Å²) in [5.74, 6) is -1.01. The number of hydrogen-bond acceptors (Lipinski definition) is 6. The van der Waals surface area contributed by atoms with Gasteiger partial charge in [0.15, 0.2) is 6.10 Å².